The number of para-hydroxylation sites is 2. The summed E-state index contributed by atoms with van der Waals surface area (Å²) in [5.41, 5.74) is 0.792. The molecule has 0 spiro atoms. The van der Waals surface area contributed by atoms with Gasteiger partial charge in [-0.25, -0.2) is 13.1 Å². The third-order valence-electron chi connectivity index (χ3n) is 3.86. The number of hydrogen-bond donors (Lipinski definition) is 2. The van der Waals surface area contributed by atoms with Gasteiger partial charge in [0, 0.05) is 12.1 Å². The first-order valence-corrected chi connectivity index (χ1v) is 10.4. The van der Waals surface area contributed by atoms with Crippen LogP contribution in [-0.4, -0.2) is 27.5 Å². The van der Waals surface area contributed by atoms with E-state index in [9.17, 15) is 13.2 Å². The highest BCUT2D eigenvalue weighted by atomic mass is 32.2. The Balaban J connectivity index is 2.16. The van der Waals surface area contributed by atoms with E-state index in [0.717, 1.165) is 6.42 Å². The number of benzene rings is 2. The second kappa shape index (κ2) is 9.53. The van der Waals surface area contributed by atoms with Crippen LogP contribution in [0.5, 0.6) is 5.75 Å². The quantitative estimate of drug-likeness (QED) is 0.684. The number of hydrogen-bond acceptors (Lipinski definition) is 4. The first-order chi connectivity index (χ1) is 12.8. The van der Waals surface area contributed by atoms with E-state index >= 15 is 0 Å². The molecule has 0 aliphatic rings. The monoisotopic (exact) mass is 390 g/mol. The predicted molar refractivity (Wildman–Crippen MR) is 107 cm³/mol. The molecule has 1 amide bonds. The summed E-state index contributed by atoms with van der Waals surface area (Å²) in [7, 11) is -3.66. The molecule has 0 aliphatic carbocycles. The van der Waals surface area contributed by atoms with Gasteiger partial charge in [-0.3, -0.25) is 4.79 Å². The lowest BCUT2D eigenvalue weighted by Crippen LogP contribution is -2.26. The Hall–Kier alpha value is -2.38. The van der Waals surface area contributed by atoms with Gasteiger partial charge in [0.2, 0.25) is 10.0 Å². The van der Waals surface area contributed by atoms with Crippen molar-refractivity contribution in [2.24, 2.45) is 5.92 Å². The summed E-state index contributed by atoms with van der Waals surface area (Å²) in [4.78, 5) is 12.6. The molecule has 2 aromatic carbocycles. The van der Waals surface area contributed by atoms with Crippen LogP contribution < -0.4 is 14.8 Å². The van der Waals surface area contributed by atoms with Crippen LogP contribution in [0.2, 0.25) is 0 Å². The van der Waals surface area contributed by atoms with Crippen molar-refractivity contribution in [2.75, 3.05) is 18.5 Å². The van der Waals surface area contributed by atoms with Crippen molar-refractivity contribution in [3.05, 3.63) is 54.1 Å². The average molecular weight is 391 g/mol. The Morgan fingerprint density at radius 1 is 1.11 bits per heavy atom. The van der Waals surface area contributed by atoms with E-state index in [1.807, 2.05) is 26.8 Å². The molecule has 7 heteroatoms. The SMILES string of the molecule is CCOc1ccccc1NC(=O)c1cccc(S(=O)(=O)NCCC(C)C)c1. The number of amides is 1. The molecule has 0 bridgehead atoms. The highest BCUT2D eigenvalue weighted by Crippen LogP contribution is 2.24. The zero-order valence-electron chi connectivity index (χ0n) is 15.9. The van der Waals surface area contributed by atoms with Gasteiger partial charge in [0.1, 0.15) is 5.75 Å². The van der Waals surface area contributed by atoms with Crippen molar-refractivity contribution in [2.45, 2.75) is 32.1 Å². The van der Waals surface area contributed by atoms with Crippen LogP contribution in [0.4, 0.5) is 5.69 Å². The van der Waals surface area contributed by atoms with Gasteiger partial charge in [0.15, 0.2) is 0 Å². The number of rotatable bonds is 9. The third kappa shape index (κ3) is 6.08. The van der Waals surface area contributed by atoms with E-state index in [1.54, 1.807) is 30.3 Å². The van der Waals surface area contributed by atoms with Gasteiger partial charge in [0.05, 0.1) is 17.2 Å². The van der Waals surface area contributed by atoms with Crippen molar-refractivity contribution in [3.63, 3.8) is 0 Å². The summed E-state index contributed by atoms with van der Waals surface area (Å²) >= 11 is 0. The van der Waals surface area contributed by atoms with E-state index in [0.29, 0.717) is 30.5 Å². The molecule has 2 rings (SSSR count). The van der Waals surface area contributed by atoms with Crippen molar-refractivity contribution < 1.29 is 17.9 Å². The molecule has 2 N–H and O–H groups in total. The van der Waals surface area contributed by atoms with Crippen LogP contribution in [0, 0.1) is 5.92 Å². The normalized spacial score (nSPS) is 11.4. The van der Waals surface area contributed by atoms with E-state index in [2.05, 4.69) is 10.0 Å². The minimum Gasteiger partial charge on any atom is -0.492 e. The Kier molecular flexibility index (Phi) is 7.38. The fraction of sp³-hybridized carbons (Fsp3) is 0.350. The minimum absolute atomic E-state index is 0.0667. The van der Waals surface area contributed by atoms with Gasteiger partial charge in [-0.15, -0.1) is 0 Å². The van der Waals surface area contributed by atoms with Crippen molar-refractivity contribution in [3.8, 4) is 5.75 Å². The molecular weight excluding hydrogens is 364 g/mol. The Morgan fingerprint density at radius 2 is 1.85 bits per heavy atom. The summed E-state index contributed by atoms with van der Waals surface area (Å²) in [6, 6.07) is 13.1. The number of sulfonamides is 1. The maximum absolute atomic E-state index is 12.6. The van der Waals surface area contributed by atoms with Crippen molar-refractivity contribution in [1.82, 2.24) is 4.72 Å². The fourth-order valence-electron chi connectivity index (χ4n) is 2.42. The topological polar surface area (TPSA) is 84.5 Å². The van der Waals surface area contributed by atoms with Crippen molar-refractivity contribution >= 4 is 21.6 Å². The molecule has 146 valence electrons. The molecule has 6 nitrogen and oxygen atoms in total. The zero-order chi connectivity index (χ0) is 19.9. The lowest BCUT2D eigenvalue weighted by Gasteiger charge is -2.12. The first kappa shape index (κ1) is 20.9. The molecule has 0 aromatic heterocycles. The smallest absolute Gasteiger partial charge is 0.255 e. The molecule has 27 heavy (non-hydrogen) atoms. The van der Waals surface area contributed by atoms with Crippen LogP contribution in [0.15, 0.2) is 53.4 Å². The van der Waals surface area contributed by atoms with Crippen LogP contribution >= 0.6 is 0 Å². The zero-order valence-corrected chi connectivity index (χ0v) is 16.7. The van der Waals surface area contributed by atoms with Crippen LogP contribution in [-0.2, 0) is 10.0 Å². The largest absolute Gasteiger partial charge is 0.492 e. The number of nitrogens with one attached hydrogen (secondary N) is 2. The highest BCUT2D eigenvalue weighted by molar-refractivity contribution is 7.89. The maximum atomic E-state index is 12.6. The molecule has 0 heterocycles. The minimum atomic E-state index is -3.66. The van der Waals surface area contributed by atoms with Crippen molar-refractivity contribution in [1.29, 1.82) is 0 Å². The van der Waals surface area contributed by atoms with Gasteiger partial charge in [-0.2, -0.15) is 0 Å². The molecule has 0 fully saturated rings. The number of carbonyl (C=O) groups excluding carboxylic acids is 1. The molecule has 0 aliphatic heterocycles. The summed E-state index contributed by atoms with van der Waals surface area (Å²) in [5, 5.41) is 2.77. The number of carbonyl (C=O) groups is 1. The summed E-state index contributed by atoms with van der Waals surface area (Å²) in [5.74, 6) is 0.559. The lowest BCUT2D eigenvalue weighted by atomic mass is 10.1. The standard InChI is InChI=1S/C20H26N2O4S/c1-4-26-19-11-6-5-10-18(19)22-20(23)16-8-7-9-17(14-16)27(24,25)21-13-12-15(2)3/h5-11,14-15,21H,4,12-13H2,1-3H3,(H,22,23). The van der Waals surface area contributed by atoms with Gasteiger partial charge in [-0.1, -0.05) is 32.0 Å². The number of anilines is 1. The lowest BCUT2D eigenvalue weighted by molar-refractivity contribution is 0.102. The predicted octanol–water partition coefficient (Wildman–Crippen LogP) is 3.66. The summed E-state index contributed by atoms with van der Waals surface area (Å²) < 4.78 is 32.9. The molecule has 0 saturated heterocycles. The molecule has 0 unspecified atom stereocenters. The molecule has 2 aromatic rings. The molecule has 0 radical (unpaired) electrons. The van der Waals surface area contributed by atoms with Gasteiger partial charge < -0.3 is 10.1 Å². The maximum Gasteiger partial charge on any atom is 0.255 e. The number of ether oxygens (including phenoxy) is 1. The second-order valence-corrected chi connectivity index (χ2v) is 8.26. The summed E-state index contributed by atoms with van der Waals surface area (Å²) in [6.45, 7) is 6.75. The molecular formula is C20H26N2O4S. The Bertz CT molecular complexity index is 879. The molecule has 0 atom stereocenters. The Morgan fingerprint density at radius 3 is 2.56 bits per heavy atom. The van der Waals surface area contributed by atoms with E-state index in [4.69, 9.17) is 4.74 Å². The van der Waals surface area contributed by atoms with E-state index < -0.39 is 15.9 Å². The molecule has 0 saturated carbocycles. The third-order valence-corrected chi connectivity index (χ3v) is 5.31. The van der Waals surface area contributed by atoms with Gasteiger partial charge in [-0.05, 0) is 49.6 Å². The van der Waals surface area contributed by atoms with E-state index in [1.165, 1.54) is 12.1 Å². The van der Waals surface area contributed by atoms with E-state index in [-0.39, 0.29) is 10.5 Å². The van der Waals surface area contributed by atoms with Gasteiger partial charge in [0.25, 0.3) is 5.91 Å². The summed E-state index contributed by atoms with van der Waals surface area (Å²) in [6.07, 6.45) is 0.744. The second-order valence-electron chi connectivity index (χ2n) is 6.49. The van der Waals surface area contributed by atoms with Crippen LogP contribution in [0.1, 0.15) is 37.6 Å². The van der Waals surface area contributed by atoms with Crippen LogP contribution in [0.3, 0.4) is 0 Å². The Labute approximate surface area is 161 Å². The first-order valence-electron chi connectivity index (χ1n) is 8.96. The van der Waals surface area contributed by atoms with Gasteiger partial charge >= 0.3 is 0 Å². The highest BCUT2D eigenvalue weighted by Gasteiger charge is 2.17. The fourth-order valence-corrected chi connectivity index (χ4v) is 3.51. The average Bonchev–Trinajstić information content (AvgIpc) is 2.63. The van der Waals surface area contributed by atoms with Crippen LogP contribution in [0.25, 0.3) is 0 Å².